The summed E-state index contributed by atoms with van der Waals surface area (Å²) in [6, 6.07) is 6.95. The minimum Gasteiger partial charge on any atom is -0.313 e. The predicted molar refractivity (Wildman–Crippen MR) is 68.5 cm³/mol. The fourth-order valence-corrected chi connectivity index (χ4v) is 2.31. The van der Waals surface area contributed by atoms with Crippen molar-refractivity contribution in [1.29, 1.82) is 0 Å². The van der Waals surface area contributed by atoms with Gasteiger partial charge in [-0.1, -0.05) is 32.0 Å². The number of fused-ring (bicyclic) bond motifs is 1. The van der Waals surface area contributed by atoms with Crippen LogP contribution in [0.1, 0.15) is 30.5 Å². The largest absolute Gasteiger partial charge is 0.313 e. The summed E-state index contributed by atoms with van der Waals surface area (Å²) < 4.78 is 0. The zero-order chi connectivity index (χ0) is 11.4. The second-order valence-corrected chi connectivity index (χ2v) is 4.50. The maximum Gasteiger partial charge on any atom is 0.0236 e. The number of likely N-dealkylation sites (N-methyl/N-ethyl adjacent to an activating group) is 1. The fraction of sp³-hybridized carbons (Fsp3) is 0.571. The van der Waals surface area contributed by atoms with E-state index in [9.17, 15) is 0 Å². The minimum absolute atomic E-state index is 1.00. The Bertz CT molecular complexity index is 347. The zero-order valence-electron chi connectivity index (χ0n) is 10.4. The van der Waals surface area contributed by atoms with Crippen molar-refractivity contribution in [3.8, 4) is 0 Å². The molecule has 2 heteroatoms. The van der Waals surface area contributed by atoms with Crippen LogP contribution in [0.5, 0.6) is 0 Å². The molecule has 0 bridgehead atoms. The highest BCUT2D eigenvalue weighted by Crippen LogP contribution is 2.20. The van der Waals surface area contributed by atoms with E-state index in [4.69, 9.17) is 0 Å². The summed E-state index contributed by atoms with van der Waals surface area (Å²) >= 11 is 0. The van der Waals surface area contributed by atoms with Gasteiger partial charge in [0.05, 0.1) is 0 Å². The van der Waals surface area contributed by atoms with Crippen LogP contribution in [-0.2, 0) is 19.5 Å². The average molecular weight is 218 g/mol. The van der Waals surface area contributed by atoms with Gasteiger partial charge in [0.2, 0.25) is 0 Å². The van der Waals surface area contributed by atoms with E-state index in [0.717, 1.165) is 19.6 Å². The molecule has 1 heterocycles. The Kier molecular flexibility index (Phi) is 3.97. The van der Waals surface area contributed by atoms with E-state index in [1.54, 1.807) is 5.56 Å². The molecule has 0 spiro atoms. The summed E-state index contributed by atoms with van der Waals surface area (Å²) in [5, 5.41) is 3.38. The topological polar surface area (TPSA) is 15.3 Å². The van der Waals surface area contributed by atoms with Crippen LogP contribution in [-0.4, -0.2) is 24.5 Å². The SMILES string of the molecule is CCNCc1ccc2c(c1)CCN(CC)C2. The van der Waals surface area contributed by atoms with Crippen molar-refractivity contribution < 1.29 is 0 Å². The molecule has 2 rings (SSSR count). The quantitative estimate of drug-likeness (QED) is 0.833. The smallest absolute Gasteiger partial charge is 0.0236 e. The lowest BCUT2D eigenvalue weighted by Gasteiger charge is -2.27. The molecule has 88 valence electrons. The first-order chi connectivity index (χ1) is 7.83. The molecule has 1 aliphatic heterocycles. The van der Waals surface area contributed by atoms with E-state index >= 15 is 0 Å². The third-order valence-electron chi connectivity index (χ3n) is 3.39. The van der Waals surface area contributed by atoms with Crippen LogP contribution in [0.15, 0.2) is 18.2 Å². The molecule has 0 saturated heterocycles. The maximum absolute atomic E-state index is 3.38. The highest BCUT2D eigenvalue weighted by atomic mass is 15.1. The maximum atomic E-state index is 3.38. The molecule has 1 aliphatic rings. The third kappa shape index (κ3) is 2.63. The van der Waals surface area contributed by atoms with Crippen LogP contribution in [0.3, 0.4) is 0 Å². The van der Waals surface area contributed by atoms with Crippen molar-refractivity contribution in [2.45, 2.75) is 33.4 Å². The van der Waals surface area contributed by atoms with E-state index in [2.05, 4.69) is 42.3 Å². The van der Waals surface area contributed by atoms with E-state index in [1.165, 1.54) is 30.6 Å². The summed E-state index contributed by atoms with van der Waals surface area (Å²) in [7, 11) is 0. The van der Waals surface area contributed by atoms with Gasteiger partial charge in [-0.2, -0.15) is 0 Å². The van der Waals surface area contributed by atoms with E-state index in [-0.39, 0.29) is 0 Å². The highest BCUT2D eigenvalue weighted by Gasteiger charge is 2.14. The highest BCUT2D eigenvalue weighted by molar-refractivity contribution is 5.33. The molecule has 0 aliphatic carbocycles. The normalized spacial score (nSPS) is 16.1. The first kappa shape index (κ1) is 11.6. The summed E-state index contributed by atoms with van der Waals surface area (Å²) in [4.78, 5) is 2.51. The predicted octanol–water partition coefficient (Wildman–Crippen LogP) is 2.17. The first-order valence-corrected chi connectivity index (χ1v) is 6.37. The molecule has 0 saturated carbocycles. The Hall–Kier alpha value is -0.860. The first-order valence-electron chi connectivity index (χ1n) is 6.37. The number of rotatable bonds is 4. The lowest BCUT2D eigenvalue weighted by atomic mass is 9.97. The standard InChI is InChI=1S/C14H22N2/c1-3-15-10-12-5-6-14-11-16(4-2)8-7-13(14)9-12/h5-6,9,15H,3-4,7-8,10-11H2,1-2H3. The van der Waals surface area contributed by atoms with Crippen LogP contribution < -0.4 is 5.32 Å². The number of hydrogen-bond donors (Lipinski definition) is 1. The molecule has 0 aromatic heterocycles. The molecule has 0 atom stereocenters. The van der Waals surface area contributed by atoms with Gasteiger partial charge in [-0.3, -0.25) is 4.90 Å². The monoisotopic (exact) mass is 218 g/mol. The van der Waals surface area contributed by atoms with Gasteiger partial charge in [-0.15, -0.1) is 0 Å². The lowest BCUT2D eigenvalue weighted by molar-refractivity contribution is 0.268. The van der Waals surface area contributed by atoms with E-state index in [0.29, 0.717) is 0 Å². The molecule has 1 aromatic rings. The van der Waals surface area contributed by atoms with Gasteiger partial charge in [-0.05, 0) is 36.2 Å². The molecule has 16 heavy (non-hydrogen) atoms. The summed E-state index contributed by atoms with van der Waals surface area (Å²) in [5.41, 5.74) is 4.50. The number of hydrogen-bond acceptors (Lipinski definition) is 2. The van der Waals surface area contributed by atoms with E-state index < -0.39 is 0 Å². The summed E-state index contributed by atoms with van der Waals surface area (Å²) in [6.45, 7) is 9.95. The Labute approximate surface area is 98.7 Å². The summed E-state index contributed by atoms with van der Waals surface area (Å²) in [5.74, 6) is 0. The molecule has 0 unspecified atom stereocenters. The van der Waals surface area contributed by atoms with Crippen LogP contribution >= 0.6 is 0 Å². The Balaban J connectivity index is 2.08. The van der Waals surface area contributed by atoms with Crippen LogP contribution in [0.4, 0.5) is 0 Å². The molecular formula is C14H22N2. The molecule has 0 fully saturated rings. The molecule has 1 aromatic carbocycles. The van der Waals surface area contributed by atoms with Crippen LogP contribution in [0, 0.1) is 0 Å². The molecular weight excluding hydrogens is 196 g/mol. The van der Waals surface area contributed by atoms with Gasteiger partial charge >= 0.3 is 0 Å². The molecule has 0 amide bonds. The Morgan fingerprint density at radius 3 is 2.88 bits per heavy atom. The number of nitrogens with zero attached hydrogens (tertiary/aromatic N) is 1. The van der Waals surface area contributed by atoms with Gasteiger partial charge in [0, 0.05) is 19.6 Å². The minimum atomic E-state index is 1.00. The summed E-state index contributed by atoms with van der Waals surface area (Å²) in [6.07, 6.45) is 1.21. The van der Waals surface area contributed by atoms with Crippen LogP contribution in [0.2, 0.25) is 0 Å². The average Bonchev–Trinajstić information content (AvgIpc) is 2.35. The van der Waals surface area contributed by atoms with Gasteiger partial charge in [-0.25, -0.2) is 0 Å². The van der Waals surface area contributed by atoms with Crippen LogP contribution in [0.25, 0.3) is 0 Å². The van der Waals surface area contributed by atoms with Crippen molar-refractivity contribution >= 4 is 0 Å². The molecule has 0 radical (unpaired) electrons. The van der Waals surface area contributed by atoms with Gasteiger partial charge < -0.3 is 5.32 Å². The van der Waals surface area contributed by atoms with Gasteiger partial charge in [0.15, 0.2) is 0 Å². The van der Waals surface area contributed by atoms with Crippen molar-refractivity contribution in [3.63, 3.8) is 0 Å². The van der Waals surface area contributed by atoms with Crippen molar-refractivity contribution in [2.24, 2.45) is 0 Å². The molecule has 1 N–H and O–H groups in total. The van der Waals surface area contributed by atoms with E-state index in [1.807, 2.05) is 0 Å². The Morgan fingerprint density at radius 2 is 2.12 bits per heavy atom. The third-order valence-corrected chi connectivity index (χ3v) is 3.39. The number of benzene rings is 1. The fourth-order valence-electron chi connectivity index (χ4n) is 2.31. The Morgan fingerprint density at radius 1 is 1.25 bits per heavy atom. The van der Waals surface area contributed by atoms with Gasteiger partial charge in [0.25, 0.3) is 0 Å². The zero-order valence-corrected chi connectivity index (χ0v) is 10.4. The second kappa shape index (κ2) is 5.46. The second-order valence-electron chi connectivity index (χ2n) is 4.50. The van der Waals surface area contributed by atoms with Gasteiger partial charge in [0.1, 0.15) is 0 Å². The lowest BCUT2D eigenvalue weighted by Crippen LogP contribution is -2.30. The van der Waals surface area contributed by atoms with Crippen molar-refractivity contribution in [1.82, 2.24) is 10.2 Å². The van der Waals surface area contributed by atoms with Crippen molar-refractivity contribution in [3.05, 3.63) is 34.9 Å². The number of nitrogens with one attached hydrogen (secondary N) is 1. The molecule has 2 nitrogen and oxygen atoms in total. The van der Waals surface area contributed by atoms with Crippen molar-refractivity contribution in [2.75, 3.05) is 19.6 Å².